The second-order valence-corrected chi connectivity index (χ2v) is 7.20. The number of carbonyl (C=O) groups excluding carboxylic acids is 1. The molecule has 4 rings (SSSR count). The highest BCUT2D eigenvalue weighted by molar-refractivity contribution is 7.13. The minimum atomic E-state index is 0.0217. The van der Waals surface area contributed by atoms with Crippen molar-refractivity contribution in [1.29, 1.82) is 0 Å². The number of imidazole rings is 1. The second kappa shape index (κ2) is 7.74. The number of amides is 2. The number of carbonyl (C=O) groups is 1. The van der Waals surface area contributed by atoms with Crippen molar-refractivity contribution in [2.24, 2.45) is 0 Å². The molecule has 0 saturated carbocycles. The number of aromatic amines is 1. The van der Waals surface area contributed by atoms with Crippen molar-refractivity contribution in [1.82, 2.24) is 25.2 Å². The van der Waals surface area contributed by atoms with Gasteiger partial charge in [-0.15, -0.1) is 11.3 Å². The average molecular weight is 370 g/mol. The summed E-state index contributed by atoms with van der Waals surface area (Å²) in [5.41, 5.74) is 2.05. The van der Waals surface area contributed by atoms with E-state index in [2.05, 4.69) is 25.2 Å². The molecule has 7 nitrogen and oxygen atoms in total. The first kappa shape index (κ1) is 16.8. The molecule has 0 bridgehead atoms. The minimum absolute atomic E-state index is 0.0217. The van der Waals surface area contributed by atoms with E-state index in [1.807, 2.05) is 40.7 Å². The van der Waals surface area contributed by atoms with E-state index in [1.165, 1.54) is 0 Å². The summed E-state index contributed by atoms with van der Waals surface area (Å²) in [5.74, 6) is 0.970. The number of aromatic nitrogens is 3. The lowest BCUT2D eigenvalue weighted by molar-refractivity contribution is 0.194. The molecule has 1 aliphatic heterocycles. The number of thiazole rings is 1. The van der Waals surface area contributed by atoms with Crippen molar-refractivity contribution in [3.8, 4) is 0 Å². The zero-order chi connectivity index (χ0) is 17.8. The first-order chi connectivity index (χ1) is 12.8. The molecule has 2 amide bonds. The van der Waals surface area contributed by atoms with Gasteiger partial charge in [0.15, 0.2) is 5.13 Å². The third-order valence-corrected chi connectivity index (χ3v) is 5.39. The van der Waals surface area contributed by atoms with Crippen molar-refractivity contribution < 1.29 is 4.79 Å². The molecule has 0 unspecified atom stereocenters. The Bertz CT molecular complexity index is 821. The lowest BCUT2D eigenvalue weighted by Gasteiger charge is -2.34. The van der Waals surface area contributed by atoms with Gasteiger partial charge in [-0.1, -0.05) is 12.1 Å². The molecule has 0 spiro atoms. The number of hydrogen-bond donors (Lipinski definition) is 2. The second-order valence-electron chi connectivity index (χ2n) is 6.32. The molecular formula is C18H22N6OS. The molecule has 1 fully saturated rings. The van der Waals surface area contributed by atoms with Gasteiger partial charge in [0, 0.05) is 50.7 Å². The normalized spacial score (nSPS) is 14.8. The van der Waals surface area contributed by atoms with Crippen LogP contribution < -0.4 is 10.2 Å². The number of anilines is 1. The summed E-state index contributed by atoms with van der Waals surface area (Å²) in [6.45, 7) is 3.78. The van der Waals surface area contributed by atoms with Crippen molar-refractivity contribution in [3.05, 3.63) is 41.7 Å². The fraction of sp³-hybridized carbons (Fsp3) is 0.389. The highest BCUT2D eigenvalue weighted by atomic mass is 32.1. The van der Waals surface area contributed by atoms with Crippen LogP contribution in [0.2, 0.25) is 0 Å². The number of piperazine rings is 1. The standard InChI is InChI=1S/C18H22N6OS/c25-17(23-9-11-24(12-10-23)18-20-8-13-26-18)19-7-3-6-16-21-14-4-1-2-5-15(14)22-16/h1-2,4-5,8,13H,3,6-7,9-12H2,(H,19,25)(H,21,22). The minimum Gasteiger partial charge on any atom is -0.345 e. The van der Waals surface area contributed by atoms with Gasteiger partial charge in [0.1, 0.15) is 5.82 Å². The van der Waals surface area contributed by atoms with E-state index < -0.39 is 0 Å². The maximum Gasteiger partial charge on any atom is 0.317 e. The summed E-state index contributed by atoms with van der Waals surface area (Å²) >= 11 is 1.64. The highest BCUT2D eigenvalue weighted by Crippen LogP contribution is 2.18. The summed E-state index contributed by atoms with van der Waals surface area (Å²) in [4.78, 5) is 28.6. The Morgan fingerprint density at radius 2 is 2.08 bits per heavy atom. The van der Waals surface area contributed by atoms with Gasteiger partial charge in [-0.3, -0.25) is 0 Å². The van der Waals surface area contributed by atoms with Crippen molar-refractivity contribution >= 4 is 33.5 Å². The summed E-state index contributed by atoms with van der Waals surface area (Å²) in [6.07, 6.45) is 3.51. The van der Waals surface area contributed by atoms with Crippen LogP contribution in [0.1, 0.15) is 12.2 Å². The number of aryl methyl sites for hydroxylation is 1. The third-order valence-electron chi connectivity index (χ3n) is 4.56. The van der Waals surface area contributed by atoms with E-state index in [9.17, 15) is 4.79 Å². The third kappa shape index (κ3) is 3.80. The first-order valence-corrected chi connectivity index (χ1v) is 9.78. The van der Waals surface area contributed by atoms with Gasteiger partial charge in [0.2, 0.25) is 0 Å². The Kier molecular flexibility index (Phi) is 5.01. The number of nitrogens with zero attached hydrogens (tertiary/aromatic N) is 4. The highest BCUT2D eigenvalue weighted by Gasteiger charge is 2.21. The number of para-hydroxylation sites is 2. The number of H-pyrrole nitrogens is 1. The van der Waals surface area contributed by atoms with Gasteiger partial charge < -0.3 is 20.1 Å². The molecule has 26 heavy (non-hydrogen) atoms. The zero-order valence-corrected chi connectivity index (χ0v) is 15.3. The van der Waals surface area contributed by atoms with Crippen molar-refractivity contribution in [3.63, 3.8) is 0 Å². The van der Waals surface area contributed by atoms with E-state index >= 15 is 0 Å². The molecule has 136 valence electrons. The zero-order valence-electron chi connectivity index (χ0n) is 14.5. The van der Waals surface area contributed by atoms with E-state index in [0.29, 0.717) is 6.54 Å². The topological polar surface area (TPSA) is 77.2 Å². The van der Waals surface area contributed by atoms with Crippen LogP contribution in [0, 0.1) is 0 Å². The summed E-state index contributed by atoms with van der Waals surface area (Å²) in [5, 5.41) is 6.04. The molecule has 3 heterocycles. The lowest BCUT2D eigenvalue weighted by Crippen LogP contribution is -2.52. The molecule has 0 atom stereocenters. The number of benzene rings is 1. The predicted molar refractivity (Wildman–Crippen MR) is 104 cm³/mol. The SMILES string of the molecule is O=C(NCCCc1nc2ccccc2[nH]1)N1CCN(c2nccs2)CC1. The van der Waals surface area contributed by atoms with Gasteiger partial charge in [0.05, 0.1) is 11.0 Å². The quantitative estimate of drug-likeness (QED) is 0.677. The molecule has 2 N–H and O–H groups in total. The number of urea groups is 1. The van der Waals surface area contributed by atoms with Crippen LogP contribution in [0.25, 0.3) is 11.0 Å². The van der Waals surface area contributed by atoms with Gasteiger partial charge >= 0.3 is 6.03 Å². The van der Waals surface area contributed by atoms with Crippen LogP contribution in [0.15, 0.2) is 35.8 Å². The van der Waals surface area contributed by atoms with Crippen LogP contribution in [-0.4, -0.2) is 58.6 Å². The molecule has 1 aromatic carbocycles. The Labute approximate surface area is 156 Å². The molecule has 8 heteroatoms. The smallest absolute Gasteiger partial charge is 0.317 e. The van der Waals surface area contributed by atoms with E-state index in [4.69, 9.17) is 0 Å². The first-order valence-electron chi connectivity index (χ1n) is 8.90. The summed E-state index contributed by atoms with van der Waals surface area (Å²) < 4.78 is 0. The number of hydrogen-bond acceptors (Lipinski definition) is 5. The van der Waals surface area contributed by atoms with Crippen LogP contribution in [0.4, 0.5) is 9.93 Å². The molecule has 0 radical (unpaired) electrons. The van der Waals surface area contributed by atoms with Crippen LogP contribution in [0.3, 0.4) is 0 Å². The fourth-order valence-corrected chi connectivity index (χ4v) is 3.86. The lowest BCUT2D eigenvalue weighted by atomic mass is 10.3. The van der Waals surface area contributed by atoms with E-state index in [1.54, 1.807) is 11.3 Å². The van der Waals surface area contributed by atoms with Gasteiger partial charge in [-0.25, -0.2) is 14.8 Å². The Morgan fingerprint density at radius 3 is 2.85 bits per heavy atom. The monoisotopic (exact) mass is 370 g/mol. The molecular weight excluding hydrogens is 348 g/mol. The molecule has 1 saturated heterocycles. The largest absolute Gasteiger partial charge is 0.345 e. The van der Waals surface area contributed by atoms with Crippen molar-refractivity contribution in [2.45, 2.75) is 12.8 Å². The predicted octanol–water partition coefficient (Wildman–Crippen LogP) is 2.48. The van der Waals surface area contributed by atoms with E-state index in [0.717, 1.165) is 61.0 Å². The average Bonchev–Trinajstić information content (AvgIpc) is 3.34. The van der Waals surface area contributed by atoms with Crippen molar-refractivity contribution in [2.75, 3.05) is 37.6 Å². The maximum atomic E-state index is 12.3. The van der Waals surface area contributed by atoms with E-state index in [-0.39, 0.29) is 6.03 Å². The van der Waals surface area contributed by atoms with Crippen LogP contribution in [0.5, 0.6) is 0 Å². The Hall–Kier alpha value is -2.61. The maximum absolute atomic E-state index is 12.3. The molecule has 1 aliphatic rings. The molecule has 2 aromatic heterocycles. The Balaban J connectivity index is 1.18. The number of fused-ring (bicyclic) bond motifs is 1. The number of rotatable bonds is 5. The Morgan fingerprint density at radius 1 is 1.23 bits per heavy atom. The van der Waals surface area contributed by atoms with Gasteiger partial charge in [0.25, 0.3) is 0 Å². The molecule has 3 aromatic rings. The van der Waals surface area contributed by atoms with Crippen LogP contribution >= 0.6 is 11.3 Å². The summed E-state index contributed by atoms with van der Waals surface area (Å²) in [6, 6.07) is 8.04. The van der Waals surface area contributed by atoms with Gasteiger partial charge in [-0.2, -0.15) is 0 Å². The molecule has 0 aliphatic carbocycles. The number of nitrogens with one attached hydrogen (secondary N) is 2. The van der Waals surface area contributed by atoms with Crippen LogP contribution in [-0.2, 0) is 6.42 Å². The van der Waals surface area contributed by atoms with Gasteiger partial charge in [-0.05, 0) is 18.6 Å². The fourth-order valence-electron chi connectivity index (χ4n) is 3.16. The summed E-state index contributed by atoms with van der Waals surface area (Å²) in [7, 11) is 0.